The van der Waals surface area contributed by atoms with E-state index in [4.69, 9.17) is 5.26 Å². The molecule has 0 aliphatic heterocycles. The normalized spacial score (nSPS) is 10.3. The molecule has 0 saturated heterocycles. The number of nitriles is 1. The summed E-state index contributed by atoms with van der Waals surface area (Å²) in [6.45, 7) is 0.753. The van der Waals surface area contributed by atoms with Crippen LogP contribution in [0, 0.1) is 11.3 Å². The van der Waals surface area contributed by atoms with E-state index in [1.54, 1.807) is 0 Å². The molecule has 3 aromatic rings. The Kier molecular flexibility index (Phi) is 3.53. The molecule has 0 bridgehead atoms. The number of fused-ring (bicyclic) bond motifs is 1. The maximum absolute atomic E-state index is 8.98. The van der Waals surface area contributed by atoms with Crippen LogP contribution in [0.3, 0.4) is 0 Å². The van der Waals surface area contributed by atoms with Crippen LogP contribution >= 0.6 is 0 Å². The van der Waals surface area contributed by atoms with E-state index in [9.17, 15) is 0 Å². The van der Waals surface area contributed by atoms with Gasteiger partial charge in [0.2, 0.25) is 0 Å². The average molecular weight is 273 g/mol. The average Bonchev–Trinajstić information content (AvgIpc) is 2.54. The number of hydrogen-bond acceptors (Lipinski definition) is 3. The smallest absolute Gasteiger partial charge is 0.0991 e. The van der Waals surface area contributed by atoms with Crippen molar-refractivity contribution in [3.8, 4) is 6.07 Å². The highest BCUT2D eigenvalue weighted by Crippen LogP contribution is 2.25. The van der Waals surface area contributed by atoms with Gasteiger partial charge in [0.15, 0.2) is 0 Å². The maximum Gasteiger partial charge on any atom is 0.0991 e. The van der Waals surface area contributed by atoms with Crippen LogP contribution in [0.4, 0.5) is 5.69 Å². The van der Waals surface area contributed by atoms with Gasteiger partial charge in [-0.05, 0) is 29.8 Å². The van der Waals surface area contributed by atoms with Gasteiger partial charge in [-0.1, -0.05) is 30.3 Å². The lowest BCUT2D eigenvalue weighted by Crippen LogP contribution is -2.16. The zero-order chi connectivity index (χ0) is 14.7. The van der Waals surface area contributed by atoms with Gasteiger partial charge in [-0.3, -0.25) is 4.98 Å². The molecule has 3 nitrogen and oxygen atoms in total. The molecule has 1 aromatic heterocycles. The summed E-state index contributed by atoms with van der Waals surface area (Å²) in [6, 6.07) is 20.0. The monoisotopic (exact) mass is 273 g/mol. The van der Waals surface area contributed by atoms with Crippen LogP contribution in [0.2, 0.25) is 0 Å². The first-order valence-electron chi connectivity index (χ1n) is 6.82. The van der Waals surface area contributed by atoms with Crippen molar-refractivity contribution in [1.82, 2.24) is 4.98 Å². The second-order valence-electron chi connectivity index (χ2n) is 5.02. The molecule has 102 valence electrons. The highest BCUT2D eigenvalue weighted by molar-refractivity contribution is 5.91. The predicted molar refractivity (Wildman–Crippen MR) is 85.0 cm³/mol. The van der Waals surface area contributed by atoms with Crippen LogP contribution < -0.4 is 4.90 Å². The van der Waals surface area contributed by atoms with Crippen molar-refractivity contribution in [3.05, 3.63) is 71.9 Å². The third-order valence-electron chi connectivity index (χ3n) is 3.51. The Hall–Kier alpha value is -2.86. The molecular formula is C18H15N3. The van der Waals surface area contributed by atoms with Gasteiger partial charge in [-0.25, -0.2) is 0 Å². The van der Waals surface area contributed by atoms with Crippen LogP contribution in [-0.2, 0) is 6.54 Å². The molecule has 1 heterocycles. The number of para-hydroxylation sites is 1. The van der Waals surface area contributed by atoms with E-state index in [1.807, 2.05) is 54.7 Å². The Morgan fingerprint density at radius 1 is 1.10 bits per heavy atom. The molecule has 0 saturated carbocycles. The van der Waals surface area contributed by atoms with Crippen molar-refractivity contribution < 1.29 is 0 Å². The highest BCUT2D eigenvalue weighted by Gasteiger charge is 2.07. The Labute approximate surface area is 124 Å². The highest BCUT2D eigenvalue weighted by atomic mass is 15.1. The van der Waals surface area contributed by atoms with Gasteiger partial charge >= 0.3 is 0 Å². The first-order valence-corrected chi connectivity index (χ1v) is 6.82. The Bertz CT molecular complexity index is 813. The van der Waals surface area contributed by atoms with Crippen LogP contribution in [0.25, 0.3) is 10.9 Å². The molecule has 0 amide bonds. The maximum atomic E-state index is 8.98. The van der Waals surface area contributed by atoms with E-state index in [1.165, 1.54) is 0 Å². The molecule has 0 spiro atoms. The number of pyridine rings is 1. The van der Waals surface area contributed by atoms with Crippen molar-refractivity contribution in [2.75, 3.05) is 11.9 Å². The number of nitrogens with zero attached hydrogens (tertiary/aromatic N) is 3. The Morgan fingerprint density at radius 3 is 2.81 bits per heavy atom. The summed E-state index contributed by atoms with van der Waals surface area (Å²) in [4.78, 5) is 6.57. The van der Waals surface area contributed by atoms with E-state index in [2.05, 4.69) is 29.1 Å². The second-order valence-corrected chi connectivity index (χ2v) is 5.02. The fourth-order valence-electron chi connectivity index (χ4n) is 2.51. The van der Waals surface area contributed by atoms with Crippen molar-refractivity contribution in [3.63, 3.8) is 0 Å². The Morgan fingerprint density at radius 2 is 1.95 bits per heavy atom. The largest absolute Gasteiger partial charge is 0.370 e. The van der Waals surface area contributed by atoms with E-state index in [-0.39, 0.29) is 0 Å². The SMILES string of the molecule is CN(Cc1cccc(C#N)c1)c1ccnc2ccccc12. The number of rotatable bonds is 3. The lowest BCUT2D eigenvalue weighted by Gasteiger charge is -2.21. The molecule has 0 radical (unpaired) electrons. The minimum Gasteiger partial charge on any atom is -0.370 e. The van der Waals surface area contributed by atoms with Crippen LogP contribution in [0.15, 0.2) is 60.8 Å². The number of hydrogen-bond donors (Lipinski definition) is 0. The van der Waals surface area contributed by atoms with Gasteiger partial charge in [-0.15, -0.1) is 0 Å². The van der Waals surface area contributed by atoms with Gasteiger partial charge in [0.05, 0.1) is 17.1 Å². The molecule has 21 heavy (non-hydrogen) atoms. The molecule has 3 heteroatoms. The predicted octanol–water partition coefficient (Wildman–Crippen LogP) is 3.74. The molecule has 0 atom stereocenters. The molecule has 3 rings (SSSR count). The molecule has 0 aliphatic carbocycles. The van der Waals surface area contributed by atoms with Gasteiger partial charge < -0.3 is 4.90 Å². The summed E-state index contributed by atoms with van der Waals surface area (Å²) >= 11 is 0. The first kappa shape index (κ1) is 13.1. The molecule has 0 fully saturated rings. The van der Waals surface area contributed by atoms with Crippen LogP contribution in [0.1, 0.15) is 11.1 Å². The zero-order valence-corrected chi connectivity index (χ0v) is 11.8. The summed E-state index contributed by atoms with van der Waals surface area (Å²) in [5, 5.41) is 10.1. The first-order chi connectivity index (χ1) is 10.3. The minimum atomic E-state index is 0.695. The number of benzene rings is 2. The third kappa shape index (κ3) is 2.70. The summed E-state index contributed by atoms with van der Waals surface area (Å²) in [5.74, 6) is 0. The zero-order valence-electron chi connectivity index (χ0n) is 11.8. The summed E-state index contributed by atoms with van der Waals surface area (Å²) in [7, 11) is 2.06. The second kappa shape index (κ2) is 5.64. The minimum absolute atomic E-state index is 0.695. The summed E-state index contributed by atoms with van der Waals surface area (Å²) < 4.78 is 0. The third-order valence-corrected chi connectivity index (χ3v) is 3.51. The van der Waals surface area contributed by atoms with Gasteiger partial charge in [0, 0.05) is 30.9 Å². The van der Waals surface area contributed by atoms with Crippen molar-refractivity contribution in [2.45, 2.75) is 6.54 Å². The lowest BCUT2D eigenvalue weighted by atomic mass is 10.1. The molecule has 2 aromatic carbocycles. The van der Waals surface area contributed by atoms with E-state index >= 15 is 0 Å². The molecular weight excluding hydrogens is 258 g/mol. The fourth-order valence-corrected chi connectivity index (χ4v) is 2.51. The summed E-state index contributed by atoms with van der Waals surface area (Å²) in [5.41, 5.74) is 3.95. The molecule has 0 N–H and O–H groups in total. The van der Waals surface area contributed by atoms with Crippen molar-refractivity contribution in [2.24, 2.45) is 0 Å². The Balaban J connectivity index is 1.94. The fraction of sp³-hybridized carbons (Fsp3) is 0.111. The van der Waals surface area contributed by atoms with Gasteiger partial charge in [-0.2, -0.15) is 5.26 Å². The van der Waals surface area contributed by atoms with Crippen molar-refractivity contribution in [1.29, 1.82) is 5.26 Å². The standard InChI is InChI=1S/C18H15N3/c1-21(13-15-6-4-5-14(11-15)12-19)18-9-10-20-17-8-3-2-7-16(17)18/h2-11H,13H2,1H3. The number of aromatic nitrogens is 1. The van der Waals surface area contributed by atoms with E-state index < -0.39 is 0 Å². The van der Waals surface area contributed by atoms with Gasteiger partial charge in [0.25, 0.3) is 0 Å². The molecule has 0 unspecified atom stereocenters. The van der Waals surface area contributed by atoms with Crippen molar-refractivity contribution >= 4 is 16.6 Å². The topological polar surface area (TPSA) is 39.9 Å². The van der Waals surface area contributed by atoms with Crippen LogP contribution in [-0.4, -0.2) is 12.0 Å². The molecule has 0 aliphatic rings. The number of anilines is 1. The van der Waals surface area contributed by atoms with Crippen LogP contribution in [0.5, 0.6) is 0 Å². The van der Waals surface area contributed by atoms with E-state index in [0.29, 0.717) is 5.56 Å². The summed E-state index contributed by atoms with van der Waals surface area (Å²) in [6.07, 6.45) is 1.83. The quantitative estimate of drug-likeness (QED) is 0.729. The van der Waals surface area contributed by atoms with Gasteiger partial charge in [0.1, 0.15) is 0 Å². The lowest BCUT2D eigenvalue weighted by molar-refractivity contribution is 0.926. The van der Waals surface area contributed by atoms with E-state index in [0.717, 1.165) is 28.7 Å².